The van der Waals surface area contributed by atoms with E-state index in [2.05, 4.69) is 34.3 Å². The van der Waals surface area contributed by atoms with Gasteiger partial charge < -0.3 is 15.5 Å². The molecular formula is C20H40IN5. The van der Waals surface area contributed by atoms with E-state index < -0.39 is 0 Å². The van der Waals surface area contributed by atoms with Gasteiger partial charge in [0.1, 0.15) is 0 Å². The molecule has 0 aromatic carbocycles. The van der Waals surface area contributed by atoms with Gasteiger partial charge in [0.25, 0.3) is 0 Å². The van der Waals surface area contributed by atoms with Crippen molar-refractivity contribution in [2.75, 3.05) is 45.8 Å². The molecule has 0 aromatic rings. The second-order valence-corrected chi connectivity index (χ2v) is 8.18. The summed E-state index contributed by atoms with van der Waals surface area (Å²) < 4.78 is 0. The summed E-state index contributed by atoms with van der Waals surface area (Å²) in [6.45, 7) is 12.5. The standard InChI is InChI=1S/C20H39N5.HI/c1-3-21-20(22-14-17-8-7-12-24(4-2)15-17)23-18-11-13-25(16-18)19-9-5-6-10-19;/h17-19H,3-16H2,1-2H3,(H2,21,22,23);1H. The lowest BCUT2D eigenvalue weighted by molar-refractivity contribution is 0.186. The van der Waals surface area contributed by atoms with Crippen molar-refractivity contribution in [3.63, 3.8) is 0 Å². The van der Waals surface area contributed by atoms with Gasteiger partial charge in [-0.3, -0.25) is 9.89 Å². The number of likely N-dealkylation sites (tertiary alicyclic amines) is 2. The van der Waals surface area contributed by atoms with Crippen LogP contribution in [0.1, 0.15) is 58.8 Å². The van der Waals surface area contributed by atoms with Gasteiger partial charge in [-0.05, 0) is 58.0 Å². The molecule has 0 amide bonds. The Balaban J connectivity index is 0.00000243. The summed E-state index contributed by atoms with van der Waals surface area (Å²) in [5.74, 6) is 1.76. The normalized spacial score (nSPS) is 28.9. The van der Waals surface area contributed by atoms with Gasteiger partial charge in [0, 0.05) is 44.8 Å². The van der Waals surface area contributed by atoms with Gasteiger partial charge in [0.05, 0.1) is 0 Å². The average Bonchev–Trinajstić information content (AvgIpc) is 3.31. The van der Waals surface area contributed by atoms with Crippen molar-refractivity contribution in [2.24, 2.45) is 10.9 Å². The molecule has 0 spiro atoms. The molecule has 2 N–H and O–H groups in total. The smallest absolute Gasteiger partial charge is 0.191 e. The van der Waals surface area contributed by atoms with Gasteiger partial charge in [0.2, 0.25) is 0 Å². The van der Waals surface area contributed by atoms with Gasteiger partial charge in [-0.25, -0.2) is 0 Å². The Hall–Kier alpha value is -0.0800. The first-order chi connectivity index (χ1) is 12.3. The monoisotopic (exact) mass is 477 g/mol. The second kappa shape index (κ2) is 11.7. The van der Waals surface area contributed by atoms with E-state index in [0.717, 1.165) is 31.0 Å². The summed E-state index contributed by atoms with van der Waals surface area (Å²) >= 11 is 0. The molecule has 2 aliphatic heterocycles. The van der Waals surface area contributed by atoms with E-state index in [4.69, 9.17) is 4.99 Å². The summed E-state index contributed by atoms with van der Waals surface area (Å²) in [6, 6.07) is 1.42. The summed E-state index contributed by atoms with van der Waals surface area (Å²) in [6.07, 6.45) is 9.61. The molecule has 0 radical (unpaired) electrons. The largest absolute Gasteiger partial charge is 0.357 e. The zero-order chi connectivity index (χ0) is 17.5. The number of nitrogens with one attached hydrogen (secondary N) is 2. The Kier molecular flexibility index (Phi) is 9.99. The van der Waals surface area contributed by atoms with Crippen molar-refractivity contribution in [2.45, 2.75) is 70.9 Å². The predicted octanol–water partition coefficient (Wildman–Crippen LogP) is 2.91. The van der Waals surface area contributed by atoms with E-state index in [1.165, 1.54) is 77.7 Å². The van der Waals surface area contributed by atoms with Crippen LogP contribution in [0.15, 0.2) is 4.99 Å². The lowest BCUT2D eigenvalue weighted by Crippen LogP contribution is -2.45. The van der Waals surface area contributed by atoms with Crippen LogP contribution in [0.25, 0.3) is 0 Å². The molecule has 152 valence electrons. The molecule has 2 unspecified atom stereocenters. The highest BCUT2D eigenvalue weighted by Crippen LogP contribution is 2.26. The Morgan fingerprint density at radius 3 is 2.54 bits per heavy atom. The molecule has 26 heavy (non-hydrogen) atoms. The van der Waals surface area contributed by atoms with Gasteiger partial charge in [-0.1, -0.05) is 19.8 Å². The summed E-state index contributed by atoms with van der Waals surface area (Å²) in [5.41, 5.74) is 0. The molecule has 0 bridgehead atoms. The Bertz CT molecular complexity index is 424. The molecule has 1 saturated carbocycles. The number of rotatable bonds is 6. The zero-order valence-corrected chi connectivity index (χ0v) is 19.2. The summed E-state index contributed by atoms with van der Waals surface area (Å²) in [7, 11) is 0. The van der Waals surface area contributed by atoms with E-state index in [1.54, 1.807) is 0 Å². The van der Waals surface area contributed by atoms with Crippen LogP contribution < -0.4 is 10.6 Å². The third-order valence-corrected chi connectivity index (χ3v) is 6.30. The first-order valence-electron chi connectivity index (χ1n) is 10.8. The number of hydrogen-bond acceptors (Lipinski definition) is 3. The highest BCUT2D eigenvalue weighted by molar-refractivity contribution is 14.0. The molecular weight excluding hydrogens is 437 g/mol. The van der Waals surface area contributed by atoms with Crippen LogP contribution in [0.2, 0.25) is 0 Å². The maximum absolute atomic E-state index is 4.94. The topological polar surface area (TPSA) is 42.9 Å². The summed E-state index contributed by atoms with van der Waals surface area (Å²) in [4.78, 5) is 10.2. The molecule has 3 fully saturated rings. The third kappa shape index (κ3) is 6.51. The molecule has 1 aliphatic carbocycles. The van der Waals surface area contributed by atoms with Crippen molar-refractivity contribution >= 4 is 29.9 Å². The third-order valence-electron chi connectivity index (χ3n) is 6.30. The number of guanidine groups is 1. The fourth-order valence-electron chi connectivity index (χ4n) is 4.83. The number of aliphatic imine (C=N–C) groups is 1. The van der Waals surface area contributed by atoms with Crippen LogP contribution in [-0.4, -0.2) is 73.7 Å². The van der Waals surface area contributed by atoms with Crippen LogP contribution in [0.4, 0.5) is 0 Å². The van der Waals surface area contributed by atoms with E-state index >= 15 is 0 Å². The van der Waals surface area contributed by atoms with Crippen LogP contribution in [-0.2, 0) is 0 Å². The molecule has 3 rings (SSSR count). The quantitative estimate of drug-likeness (QED) is 0.351. The fraction of sp³-hybridized carbons (Fsp3) is 0.950. The first kappa shape index (κ1) is 22.2. The van der Waals surface area contributed by atoms with Crippen LogP contribution in [0, 0.1) is 5.92 Å². The van der Waals surface area contributed by atoms with Crippen molar-refractivity contribution in [3.8, 4) is 0 Å². The maximum Gasteiger partial charge on any atom is 0.191 e. The average molecular weight is 477 g/mol. The zero-order valence-electron chi connectivity index (χ0n) is 16.9. The predicted molar refractivity (Wildman–Crippen MR) is 122 cm³/mol. The molecule has 0 aromatic heterocycles. The molecule has 2 heterocycles. The summed E-state index contributed by atoms with van der Waals surface area (Å²) in [5, 5.41) is 7.18. The number of piperidine rings is 1. The SMILES string of the molecule is CCNC(=NCC1CCCN(CC)C1)NC1CCN(C2CCCC2)C1.I. The van der Waals surface area contributed by atoms with E-state index in [9.17, 15) is 0 Å². The lowest BCUT2D eigenvalue weighted by atomic mass is 9.98. The lowest BCUT2D eigenvalue weighted by Gasteiger charge is -2.31. The minimum absolute atomic E-state index is 0. The van der Waals surface area contributed by atoms with Gasteiger partial charge in [-0.15, -0.1) is 24.0 Å². The number of hydrogen-bond donors (Lipinski definition) is 2. The molecule has 5 nitrogen and oxygen atoms in total. The van der Waals surface area contributed by atoms with Gasteiger partial charge >= 0.3 is 0 Å². The van der Waals surface area contributed by atoms with Gasteiger partial charge in [-0.2, -0.15) is 0 Å². The maximum atomic E-state index is 4.94. The highest BCUT2D eigenvalue weighted by Gasteiger charge is 2.30. The Morgan fingerprint density at radius 2 is 1.81 bits per heavy atom. The first-order valence-corrected chi connectivity index (χ1v) is 10.8. The molecule has 6 heteroatoms. The van der Waals surface area contributed by atoms with E-state index in [1.807, 2.05) is 0 Å². The number of halogens is 1. The second-order valence-electron chi connectivity index (χ2n) is 8.18. The highest BCUT2D eigenvalue weighted by atomic mass is 127. The molecule has 3 aliphatic rings. The van der Waals surface area contributed by atoms with Crippen LogP contribution >= 0.6 is 24.0 Å². The Morgan fingerprint density at radius 1 is 1.00 bits per heavy atom. The fourth-order valence-corrected chi connectivity index (χ4v) is 4.83. The Labute approximate surface area is 177 Å². The minimum Gasteiger partial charge on any atom is -0.357 e. The van der Waals surface area contributed by atoms with Crippen molar-refractivity contribution in [3.05, 3.63) is 0 Å². The molecule has 2 saturated heterocycles. The van der Waals surface area contributed by atoms with Crippen LogP contribution in [0.5, 0.6) is 0 Å². The van der Waals surface area contributed by atoms with E-state index in [0.29, 0.717) is 6.04 Å². The number of nitrogens with zero attached hydrogens (tertiary/aromatic N) is 3. The van der Waals surface area contributed by atoms with Crippen molar-refractivity contribution < 1.29 is 0 Å². The van der Waals surface area contributed by atoms with Gasteiger partial charge in [0.15, 0.2) is 5.96 Å². The van der Waals surface area contributed by atoms with E-state index in [-0.39, 0.29) is 24.0 Å². The van der Waals surface area contributed by atoms with Crippen molar-refractivity contribution in [1.29, 1.82) is 0 Å². The molecule has 2 atom stereocenters. The van der Waals surface area contributed by atoms with Crippen LogP contribution in [0.3, 0.4) is 0 Å². The van der Waals surface area contributed by atoms with Crippen molar-refractivity contribution in [1.82, 2.24) is 20.4 Å². The minimum atomic E-state index is 0.